The van der Waals surface area contributed by atoms with Crippen LogP contribution >= 0.6 is 23.2 Å². The van der Waals surface area contributed by atoms with E-state index >= 15 is 0 Å². The molecule has 0 heterocycles. The van der Waals surface area contributed by atoms with E-state index < -0.39 is 4.92 Å². The minimum Gasteiger partial charge on any atom is -0.336 e. The fraction of sp³-hybridized carbons (Fsp3) is 0.417. The Morgan fingerprint density at radius 3 is 2.38 bits per heavy atom. The number of urea groups is 1. The van der Waals surface area contributed by atoms with E-state index in [2.05, 4.69) is 11.4 Å². The molecule has 0 aliphatic heterocycles. The van der Waals surface area contributed by atoms with Crippen molar-refractivity contribution < 1.29 is 42.4 Å². The summed E-state index contributed by atoms with van der Waals surface area (Å²) in [7, 11) is 0. The smallest absolute Gasteiger partial charge is 0.317 e. The average Bonchev–Trinajstić information content (AvgIpc) is 2.45. The van der Waals surface area contributed by atoms with Crippen LogP contribution in [0.5, 0.6) is 0 Å². The van der Waals surface area contributed by atoms with E-state index in [1.807, 2.05) is 0 Å². The maximum absolute atomic E-state index is 11.8. The van der Waals surface area contributed by atoms with Crippen LogP contribution in [0.2, 0.25) is 0 Å². The number of hydrogen-bond acceptors (Lipinski definition) is 3. The summed E-state index contributed by atoms with van der Waals surface area (Å²) in [6, 6.07) is 6.66. The van der Waals surface area contributed by atoms with Gasteiger partial charge >= 0.3 is 6.03 Å². The Morgan fingerprint density at radius 2 is 1.95 bits per heavy atom. The number of nitrogens with zero attached hydrogens (tertiary/aromatic N) is 2. The molecule has 113 valence electrons. The van der Waals surface area contributed by atoms with Gasteiger partial charge in [-0.2, -0.15) is 12.1 Å². The quantitative estimate of drug-likeness (QED) is 0.326. The van der Waals surface area contributed by atoms with Crippen molar-refractivity contribution in [1.29, 1.82) is 0 Å². The molecule has 0 spiro atoms. The van der Waals surface area contributed by atoms with E-state index in [1.54, 1.807) is 6.07 Å². The van der Waals surface area contributed by atoms with Gasteiger partial charge in [0.25, 0.3) is 0 Å². The summed E-state index contributed by atoms with van der Waals surface area (Å²) in [6.07, 6.45) is 0. The maximum atomic E-state index is 11.8. The summed E-state index contributed by atoms with van der Waals surface area (Å²) in [6.45, 7) is 1.05. The number of non-ortho nitro benzene ring substituents is 1. The van der Waals surface area contributed by atoms with E-state index in [0.29, 0.717) is 30.4 Å². The molecular weight excluding hydrogens is 394 g/mol. The molecule has 0 bridgehead atoms. The number of carbonyl (C=O) groups excluding carboxylic acids is 1. The van der Waals surface area contributed by atoms with Crippen molar-refractivity contribution in [1.82, 2.24) is 10.2 Å². The number of nitro groups is 1. The number of carbonyl (C=O) groups is 1. The minimum absolute atomic E-state index is 0. The van der Waals surface area contributed by atoms with Crippen LogP contribution in [0.25, 0.3) is 0 Å². The SMILES string of the molecule is O=C(NCc1[c-]cc([N+](=O)[O-])cc1)N(CCCl)CCCl.[Y]. The molecule has 1 radical (unpaired) electrons. The first-order valence-corrected chi connectivity index (χ1v) is 6.95. The van der Waals surface area contributed by atoms with Crippen LogP contribution in [0, 0.1) is 16.2 Å². The molecule has 1 N–H and O–H groups in total. The van der Waals surface area contributed by atoms with Gasteiger partial charge in [-0.25, -0.2) is 4.79 Å². The monoisotopic (exact) mass is 407 g/mol. The van der Waals surface area contributed by atoms with Crippen molar-refractivity contribution in [2.45, 2.75) is 6.54 Å². The second-order valence-corrected chi connectivity index (χ2v) is 4.61. The van der Waals surface area contributed by atoms with Crippen LogP contribution in [0.3, 0.4) is 0 Å². The molecule has 1 rings (SSSR count). The topological polar surface area (TPSA) is 75.5 Å². The van der Waals surface area contributed by atoms with Crippen molar-refractivity contribution >= 4 is 34.9 Å². The minimum atomic E-state index is -0.498. The number of benzene rings is 1. The van der Waals surface area contributed by atoms with Crippen LogP contribution in [0.1, 0.15) is 5.56 Å². The summed E-state index contributed by atoms with van der Waals surface area (Å²) in [5.74, 6) is 0.655. The zero-order valence-electron chi connectivity index (χ0n) is 11.2. The van der Waals surface area contributed by atoms with Crippen molar-refractivity contribution in [3.05, 3.63) is 39.9 Å². The summed E-state index contributed by atoms with van der Waals surface area (Å²) in [5.41, 5.74) is 0.617. The number of amides is 2. The Bertz CT molecular complexity index is 454. The zero-order chi connectivity index (χ0) is 15.0. The number of alkyl halides is 2. The van der Waals surface area contributed by atoms with Gasteiger partial charge in [0.15, 0.2) is 5.69 Å². The van der Waals surface area contributed by atoms with Gasteiger partial charge < -0.3 is 10.2 Å². The first-order valence-electron chi connectivity index (χ1n) is 5.88. The molecule has 0 aliphatic rings. The van der Waals surface area contributed by atoms with Crippen molar-refractivity contribution in [2.24, 2.45) is 0 Å². The standard InChI is InChI=1S/C12H14Cl2N3O3.Y/c13-5-7-16(8-6-14)12(18)15-9-10-1-3-11(4-2-10)17(19)20;/h1,3-4H,5-9H2,(H,15,18);/q-1;. The number of rotatable bonds is 7. The van der Waals surface area contributed by atoms with Gasteiger partial charge in [0.1, 0.15) is 0 Å². The van der Waals surface area contributed by atoms with Gasteiger partial charge in [-0.3, -0.25) is 10.1 Å². The predicted octanol–water partition coefficient (Wildman–Crippen LogP) is 2.38. The first kappa shape index (κ1) is 20.6. The molecule has 6 nitrogen and oxygen atoms in total. The van der Waals surface area contributed by atoms with E-state index in [-0.39, 0.29) is 51.0 Å². The van der Waals surface area contributed by atoms with Gasteiger partial charge in [-0.1, -0.05) is 6.07 Å². The van der Waals surface area contributed by atoms with E-state index in [9.17, 15) is 14.9 Å². The molecule has 0 atom stereocenters. The fourth-order valence-electron chi connectivity index (χ4n) is 1.47. The molecule has 21 heavy (non-hydrogen) atoms. The molecule has 1 aromatic rings. The third-order valence-corrected chi connectivity index (χ3v) is 2.84. The molecule has 0 unspecified atom stereocenters. The number of halogens is 2. The Labute approximate surface area is 158 Å². The van der Waals surface area contributed by atoms with E-state index in [4.69, 9.17) is 23.2 Å². The van der Waals surface area contributed by atoms with Crippen LogP contribution in [0.4, 0.5) is 10.5 Å². The second kappa shape index (κ2) is 11.2. The molecule has 2 amide bonds. The molecule has 0 saturated heterocycles. The average molecular weight is 408 g/mol. The predicted molar refractivity (Wildman–Crippen MR) is 77.2 cm³/mol. The number of nitrogens with one attached hydrogen (secondary N) is 1. The summed E-state index contributed by atoms with van der Waals surface area (Å²) >= 11 is 11.2. The molecular formula is C12H14Cl2N3O3Y-. The largest absolute Gasteiger partial charge is 0.336 e. The Hall–Kier alpha value is -0.426. The van der Waals surface area contributed by atoms with Gasteiger partial charge in [0.2, 0.25) is 0 Å². The fourth-order valence-corrected chi connectivity index (χ4v) is 1.88. The third-order valence-electron chi connectivity index (χ3n) is 2.50. The Morgan fingerprint density at radius 1 is 1.33 bits per heavy atom. The zero-order valence-corrected chi connectivity index (χ0v) is 15.6. The van der Waals surface area contributed by atoms with Crippen LogP contribution in [-0.4, -0.2) is 40.7 Å². The van der Waals surface area contributed by atoms with Gasteiger partial charge in [-0.05, 0) is 0 Å². The maximum Gasteiger partial charge on any atom is 0.317 e. The Kier molecular flexibility index (Phi) is 11.0. The van der Waals surface area contributed by atoms with Crippen LogP contribution in [0.15, 0.2) is 18.2 Å². The molecule has 0 aromatic heterocycles. The summed E-state index contributed by atoms with van der Waals surface area (Å²) in [4.78, 5) is 23.3. The first-order chi connectivity index (χ1) is 9.58. The number of hydrogen-bond donors (Lipinski definition) is 1. The van der Waals surface area contributed by atoms with E-state index in [0.717, 1.165) is 0 Å². The van der Waals surface area contributed by atoms with Crippen LogP contribution in [-0.2, 0) is 39.3 Å². The summed E-state index contributed by atoms with van der Waals surface area (Å²) < 4.78 is 0. The second-order valence-electron chi connectivity index (χ2n) is 3.85. The number of nitro benzene ring substituents is 1. The van der Waals surface area contributed by atoms with Crippen molar-refractivity contribution in [3.8, 4) is 0 Å². The third kappa shape index (κ3) is 7.40. The van der Waals surface area contributed by atoms with Gasteiger partial charge in [0, 0.05) is 69.0 Å². The molecule has 1 aromatic carbocycles. The normalized spacial score (nSPS) is 9.62. The Balaban J connectivity index is 0.00000400. The van der Waals surface area contributed by atoms with Crippen molar-refractivity contribution in [3.63, 3.8) is 0 Å². The van der Waals surface area contributed by atoms with Crippen LogP contribution < -0.4 is 5.32 Å². The molecule has 0 aliphatic carbocycles. The summed E-state index contributed by atoms with van der Waals surface area (Å²) in [5, 5.41) is 13.2. The van der Waals surface area contributed by atoms with Crippen molar-refractivity contribution in [2.75, 3.05) is 24.8 Å². The van der Waals surface area contributed by atoms with Gasteiger partial charge in [0.05, 0.1) is 0 Å². The molecule has 0 saturated carbocycles. The molecule has 9 heteroatoms. The molecule has 0 fully saturated rings. The van der Waals surface area contributed by atoms with E-state index in [1.165, 1.54) is 17.0 Å². The van der Waals surface area contributed by atoms with Gasteiger partial charge in [-0.15, -0.1) is 34.8 Å².